The van der Waals surface area contributed by atoms with Crippen LogP contribution in [-0.4, -0.2) is 22.5 Å². The fraction of sp³-hybridized carbons (Fsp3) is 0.923. The second kappa shape index (κ2) is 5.95. The van der Waals surface area contributed by atoms with E-state index in [2.05, 4.69) is 39.9 Å². The number of hydrogen-bond donors (Lipinski definition) is 1. The SMILES string of the molecule is CCCC(C)(C)NC1=NC(C(C)C)CCS1. The van der Waals surface area contributed by atoms with Crippen molar-refractivity contribution in [2.45, 2.75) is 65.5 Å². The van der Waals surface area contributed by atoms with Crippen molar-refractivity contribution in [3.63, 3.8) is 0 Å². The van der Waals surface area contributed by atoms with Crippen LogP contribution in [0.15, 0.2) is 4.99 Å². The van der Waals surface area contributed by atoms with Crippen molar-refractivity contribution < 1.29 is 0 Å². The Morgan fingerprint density at radius 1 is 1.50 bits per heavy atom. The Morgan fingerprint density at radius 3 is 2.75 bits per heavy atom. The molecule has 0 saturated heterocycles. The van der Waals surface area contributed by atoms with E-state index in [1.54, 1.807) is 0 Å². The summed E-state index contributed by atoms with van der Waals surface area (Å²) in [6.45, 7) is 11.3. The third kappa shape index (κ3) is 4.36. The van der Waals surface area contributed by atoms with Crippen molar-refractivity contribution in [2.75, 3.05) is 5.75 Å². The van der Waals surface area contributed by atoms with Gasteiger partial charge in [0.05, 0.1) is 6.04 Å². The maximum atomic E-state index is 4.82. The Balaban J connectivity index is 2.59. The highest BCUT2D eigenvalue weighted by molar-refractivity contribution is 8.13. The van der Waals surface area contributed by atoms with E-state index in [4.69, 9.17) is 4.99 Å². The molecule has 0 bridgehead atoms. The minimum absolute atomic E-state index is 0.180. The van der Waals surface area contributed by atoms with Gasteiger partial charge in [-0.25, -0.2) is 0 Å². The standard InChI is InChI=1S/C13H26N2S/c1-6-8-13(4,5)15-12-14-11(10(2)3)7-9-16-12/h10-11H,6-9H2,1-5H3,(H,14,15). The molecule has 0 radical (unpaired) electrons. The molecule has 2 nitrogen and oxygen atoms in total. The molecule has 94 valence electrons. The van der Waals surface area contributed by atoms with Crippen molar-refractivity contribution in [3.8, 4) is 0 Å². The zero-order chi connectivity index (χ0) is 12.2. The minimum atomic E-state index is 0.180. The Kier molecular flexibility index (Phi) is 5.16. The van der Waals surface area contributed by atoms with Gasteiger partial charge in [0.15, 0.2) is 5.17 Å². The summed E-state index contributed by atoms with van der Waals surface area (Å²) < 4.78 is 0. The van der Waals surface area contributed by atoms with Crippen LogP contribution in [0, 0.1) is 5.92 Å². The predicted octanol–water partition coefficient (Wildman–Crippen LogP) is 3.67. The first kappa shape index (κ1) is 13.9. The van der Waals surface area contributed by atoms with Gasteiger partial charge in [-0.05, 0) is 32.6 Å². The molecule has 1 aliphatic heterocycles. The lowest BCUT2D eigenvalue weighted by Gasteiger charge is -2.31. The number of rotatable bonds is 4. The van der Waals surface area contributed by atoms with Crippen LogP contribution >= 0.6 is 11.8 Å². The van der Waals surface area contributed by atoms with E-state index >= 15 is 0 Å². The quantitative estimate of drug-likeness (QED) is 0.813. The molecule has 0 aromatic heterocycles. The Hall–Kier alpha value is -0.180. The average molecular weight is 242 g/mol. The van der Waals surface area contributed by atoms with Gasteiger partial charge in [0, 0.05) is 11.3 Å². The van der Waals surface area contributed by atoms with Gasteiger partial charge in [-0.3, -0.25) is 4.99 Å². The van der Waals surface area contributed by atoms with E-state index in [1.807, 2.05) is 11.8 Å². The third-order valence-corrected chi connectivity index (χ3v) is 3.95. The molecule has 0 amide bonds. The molecule has 1 atom stereocenters. The van der Waals surface area contributed by atoms with Crippen LogP contribution in [0.1, 0.15) is 53.9 Å². The number of amidine groups is 1. The molecular weight excluding hydrogens is 216 g/mol. The molecule has 0 aromatic rings. The summed E-state index contributed by atoms with van der Waals surface area (Å²) >= 11 is 1.88. The highest BCUT2D eigenvalue weighted by atomic mass is 32.2. The maximum absolute atomic E-state index is 4.82. The molecule has 0 spiro atoms. The Bertz CT molecular complexity index is 246. The first-order valence-electron chi connectivity index (χ1n) is 6.43. The van der Waals surface area contributed by atoms with E-state index in [9.17, 15) is 0 Å². The van der Waals surface area contributed by atoms with E-state index in [0.717, 1.165) is 5.17 Å². The van der Waals surface area contributed by atoms with E-state index in [0.29, 0.717) is 12.0 Å². The van der Waals surface area contributed by atoms with E-state index < -0.39 is 0 Å². The van der Waals surface area contributed by atoms with Gasteiger partial charge in [0.25, 0.3) is 0 Å². The monoisotopic (exact) mass is 242 g/mol. The fourth-order valence-electron chi connectivity index (χ4n) is 2.06. The summed E-state index contributed by atoms with van der Waals surface area (Å²) in [6, 6.07) is 0.515. The number of nitrogens with one attached hydrogen (secondary N) is 1. The van der Waals surface area contributed by atoms with Gasteiger partial charge in [-0.15, -0.1) is 0 Å². The first-order valence-corrected chi connectivity index (χ1v) is 7.42. The molecule has 1 heterocycles. The zero-order valence-electron chi connectivity index (χ0n) is 11.3. The highest BCUT2D eigenvalue weighted by Crippen LogP contribution is 2.23. The molecule has 0 aromatic carbocycles. The fourth-order valence-corrected chi connectivity index (χ4v) is 3.17. The lowest BCUT2D eigenvalue weighted by atomic mass is 9.99. The second-order valence-corrected chi connectivity index (χ2v) is 6.73. The second-order valence-electron chi connectivity index (χ2n) is 5.64. The smallest absolute Gasteiger partial charge is 0.157 e. The van der Waals surface area contributed by atoms with Crippen LogP contribution < -0.4 is 5.32 Å². The number of hydrogen-bond acceptors (Lipinski definition) is 3. The van der Waals surface area contributed by atoms with Crippen molar-refractivity contribution in [1.82, 2.24) is 5.32 Å². The Morgan fingerprint density at radius 2 is 2.19 bits per heavy atom. The molecular formula is C13H26N2S. The van der Waals surface area contributed by atoms with Gasteiger partial charge >= 0.3 is 0 Å². The van der Waals surface area contributed by atoms with Crippen LogP contribution in [0.25, 0.3) is 0 Å². The summed E-state index contributed by atoms with van der Waals surface area (Å²) in [7, 11) is 0. The normalized spacial score (nSPS) is 22.1. The highest BCUT2D eigenvalue weighted by Gasteiger charge is 2.23. The number of aliphatic imine (C=N–C) groups is 1. The lowest BCUT2D eigenvalue weighted by molar-refractivity contribution is 0.417. The lowest BCUT2D eigenvalue weighted by Crippen LogP contribution is -2.43. The van der Waals surface area contributed by atoms with Gasteiger partial charge in [-0.2, -0.15) is 0 Å². The first-order chi connectivity index (χ1) is 7.44. The molecule has 1 unspecified atom stereocenters. The maximum Gasteiger partial charge on any atom is 0.157 e. The van der Waals surface area contributed by atoms with Crippen molar-refractivity contribution >= 4 is 16.9 Å². The van der Waals surface area contributed by atoms with Crippen LogP contribution in [0.5, 0.6) is 0 Å². The van der Waals surface area contributed by atoms with E-state index in [1.165, 1.54) is 25.0 Å². The van der Waals surface area contributed by atoms with Crippen molar-refractivity contribution in [2.24, 2.45) is 10.9 Å². The molecule has 0 aliphatic carbocycles. The van der Waals surface area contributed by atoms with Crippen molar-refractivity contribution in [1.29, 1.82) is 0 Å². The van der Waals surface area contributed by atoms with Crippen LogP contribution in [0.4, 0.5) is 0 Å². The zero-order valence-corrected chi connectivity index (χ0v) is 12.2. The molecule has 1 N–H and O–H groups in total. The molecule has 1 aliphatic rings. The molecule has 1 rings (SSSR count). The largest absolute Gasteiger partial charge is 0.360 e. The number of nitrogens with zero attached hydrogens (tertiary/aromatic N) is 1. The summed E-state index contributed by atoms with van der Waals surface area (Å²) in [5, 5.41) is 4.75. The summed E-state index contributed by atoms with van der Waals surface area (Å²) in [4.78, 5) is 4.82. The summed E-state index contributed by atoms with van der Waals surface area (Å²) in [5.41, 5.74) is 0.180. The van der Waals surface area contributed by atoms with Crippen LogP contribution in [0.2, 0.25) is 0 Å². The topological polar surface area (TPSA) is 24.4 Å². The number of thioether (sulfide) groups is 1. The average Bonchev–Trinajstić information content (AvgIpc) is 2.17. The molecule has 0 fully saturated rings. The Labute approximate surface area is 105 Å². The minimum Gasteiger partial charge on any atom is -0.360 e. The van der Waals surface area contributed by atoms with Gasteiger partial charge in [-0.1, -0.05) is 39.0 Å². The van der Waals surface area contributed by atoms with Gasteiger partial charge in [0.2, 0.25) is 0 Å². The van der Waals surface area contributed by atoms with E-state index in [-0.39, 0.29) is 5.54 Å². The molecule has 3 heteroatoms. The predicted molar refractivity (Wildman–Crippen MR) is 75.3 cm³/mol. The van der Waals surface area contributed by atoms with Gasteiger partial charge in [0.1, 0.15) is 0 Å². The summed E-state index contributed by atoms with van der Waals surface area (Å²) in [6.07, 6.45) is 3.63. The van der Waals surface area contributed by atoms with Gasteiger partial charge < -0.3 is 5.32 Å². The van der Waals surface area contributed by atoms with Crippen molar-refractivity contribution in [3.05, 3.63) is 0 Å². The molecule has 16 heavy (non-hydrogen) atoms. The van der Waals surface area contributed by atoms with Crippen LogP contribution in [-0.2, 0) is 0 Å². The molecule has 0 saturated carbocycles. The summed E-state index contributed by atoms with van der Waals surface area (Å²) in [5.74, 6) is 1.86. The van der Waals surface area contributed by atoms with Crippen LogP contribution in [0.3, 0.4) is 0 Å². The third-order valence-electron chi connectivity index (χ3n) is 3.03.